The van der Waals surface area contributed by atoms with Gasteiger partial charge in [-0.2, -0.15) is 0 Å². The first-order valence-corrected chi connectivity index (χ1v) is 32.9. The molecule has 8 heteroatoms. The average Bonchev–Trinajstić information content (AvgIpc) is 1.58. The Morgan fingerprint density at radius 1 is 0.242 bits per heavy atom. The van der Waals surface area contributed by atoms with E-state index in [0.29, 0.717) is 11.6 Å². The lowest BCUT2D eigenvalue weighted by atomic mass is 9.65. The van der Waals surface area contributed by atoms with Crippen LogP contribution in [0, 0.1) is 0 Å². The Balaban J connectivity index is 0.688. The summed E-state index contributed by atoms with van der Waals surface area (Å²) in [6, 6.07) is 108. The van der Waals surface area contributed by atoms with E-state index in [4.69, 9.17) is 34.4 Å². The van der Waals surface area contributed by atoms with Crippen LogP contribution >= 0.6 is 11.3 Å². The van der Waals surface area contributed by atoms with Crippen LogP contribution in [0.4, 0.5) is 0 Å². The third-order valence-corrected chi connectivity index (χ3v) is 21.0. The highest BCUT2D eigenvalue weighted by Gasteiger charge is 2.53. The second-order valence-electron chi connectivity index (χ2n) is 24.9. The van der Waals surface area contributed by atoms with Crippen molar-refractivity contribution < 1.29 is 9.47 Å². The lowest BCUT2D eigenvalue weighted by Gasteiger charge is -2.39. The van der Waals surface area contributed by atoms with E-state index < -0.39 is 10.8 Å². The molecule has 7 nitrogen and oxygen atoms in total. The molecule has 4 aliphatic rings. The van der Waals surface area contributed by atoms with Gasteiger partial charge in [-0.1, -0.05) is 218 Å². The van der Waals surface area contributed by atoms with E-state index in [0.717, 1.165) is 113 Å². The van der Waals surface area contributed by atoms with E-state index in [1.807, 2.05) is 54.7 Å². The molecule has 20 rings (SSSR count). The normalized spacial score (nSPS) is 13.6. The SMILES string of the molecule is c1ccc(-c2cc(-c3ccc4c(c3)sc3cc(-c5ccc6c(c5)Oc5ccc(-c7nc(-c8ccccc8)cc(-c8ccccn8)n7)cc5C65c6ccccc6-c6ccccc65)ccc34)nc(-c3ccc4c(c3)C3(c5ccccc5O4)c4ccccc4-c4ccccc43)n2)cc1. The third-order valence-electron chi connectivity index (χ3n) is 19.9. The van der Waals surface area contributed by atoms with Crippen molar-refractivity contribution in [3.63, 3.8) is 0 Å². The van der Waals surface area contributed by atoms with Gasteiger partial charge < -0.3 is 9.47 Å². The van der Waals surface area contributed by atoms with Gasteiger partial charge in [0, 0.05) is 76.4 Å². The van der Waals surface area contributed by atoms with Crippen LogP contribution in [0.15, 0.2) is 310 Å². The minimum absolute atomic E-state index is 0.611. The molecule has 12 aromatic carbocycles. The van der Waals surface area contributed by atoms with E-state index in [9.17, 15) is 0 Å². The van der Waals surface area contributed by atoms with Gasteiger partial charge in [-0.15, -0.1) is 11.3 Å². The van der Waals surface area contributed by atoms with Crippen LogP contribution in [0.5, 0.6) is 23.0 Å². The van der Waals surface area contributed by atoms with E-state index in [2.05, 4.69) is 255 Å². The second-order valence-corrected chi connectivity index (χ2v) is 26.0. The smallest absolute Gasteiger partial charge is 0.160 e. The van der Waals surface area contributed by atoms with Gasteiger partial charge in [0.1, 0.15) is 23.0 Å². The number of nitrogens with zero attached hydrogens (tertiary/aromatic N) is 5. The van der Waals surface area contributed by atoms with Gasteiger partial charge in [0.25, 0.3) is 0 Å². The summed E-state index contributed by atoms with van der Waals surface area (Å²) >= 11 is 1.81. The fourth-order valence-corrected chi connectivity index (χ4v) is 17.0. The Kier molecular flexibility index (Phi) is 11.6. The van der Waals surface area contributed by atoms with Crippen molar-refractivity contribution in [1.82, 2.24) is 24.9 Å². The summed E-state index contributed by atoms with van der Waals surface area (Å²) in [6.45, 7) is 0. The zero-order chi connectivity index (χ0) is 62.3. The molecule has 0 atom stereocenters. The van der Waals surface area contributed by atoms with E-state index in [1.165, 1.54) is 64.7 Å². The third kappa shape index (κ3) is 7.95. The monoisotopic (exact) mass is 1230 g/mol. The van der Waals surface area contributed by atoms with E-state index >= 15 is 0 Å². The topological polar surface area (TPSA) is 82.9 Å². The lowest BCUT2D eigenvalue weighted by Crippen LogP contribution is -2.32. The highest BCUT2D eigenvalue weighted by Crippen LogP contribution is 2.64. The Morgan fingerprint density at radius 2 is 0.642 bits per heavy atom. The molecular formula is C87H51N5O2S. The quantitative estimate of drug-likeness (QED) is 0.157. The van der Waals surface area contributed by atoms with Gasteiger partial charge >= 0.3 is 0 Å². The number of hydrogen-bond acceptors (Lipinski definition) is 8. The maximum atomic E-state index is 7.22. The van der Waals surface area contributed by atoms with Gasteiger partial charge in [0.2, 0.25) is 0 Å². The largest absolute Gasteiger partial charge is 0.457 e. The summed E-state index contributed by atoms with van der Waals surface area (Å²) in [5, 5.41) is 2.41. The predicted molar refractivity (Wildman–Crippen MR) is 381 cm³/mol. The number of aromatic nitrogens is 5. The number of benzene rings is 12. The van der Waals surface area contributed by atoms with Crippen LogP contribution in [0.2, 0.25) is 0 Å². The molecule has 0 amide bonds. The van der Waals surface area contributed by atoms with Crippen LogP contribution in [-0.4, -0.2) is 24.9 Å². The molecule has 2 aliphatic carbocycles. The zero-order valence-corrected chi connectivity index (χ0v) is 51.7. The Morgan fingerprint density at radius 3 is 1.19 bits per heavy atom. The molecule has 16 aromatic rings. The molecule has 95 heavy (non-hydrogen) atoms. The van der Waals surface area contributed by atoms with Crippen molar-refractivity contribution in [2.45, 2.75) is 10.8 Å². The Bertz CT molecular complexity index is 5740. The highest BCUT2D eigenvalue weighted by molar-refractivity contribution is 7.25. The van der Waals surface area contributed by atoms with Gasteiger partial charge in [0.15, 0.2) is 11.6 Å². The summed E-state index contributed by atoms with van der Waals surface area (Å²) in [5.74, 6) is 4.54. The van der Waals surface area contributed by atoms with Crippen molar-refractivity contribution in [2.75, 3.05) is 0 Å². The number of ether oxygens (including phenoxy) is 2. The molecule has 0 radical (unpaired) electrons. The average molecular weight is 1230 g/mol. The van der Waals surface area contributed by atoms with Gasteiger partial charge in [-0.3, -0.25) is 4.98 Å². The summed E-state index contributed by atoms with van der Waals surface area (Å²) < 4.78 is 16.4. The molecule has 2 aliphatic heterocycles. The fourth-order valence-electron chi connectivity index (χ4n) is 15.8. The van der Waals surface area contributed by atoms with Crippen LogP contribution in [-0.2, 0) is 10.8 Å². The molecule has 0 saturated carbocycles. The molecular weight excluding hydrogens is 1180 g/mol. The van der Waals surface area contributed by atoms with Gasteiger partial charge in [0.05, 0.1) is 39.3 Å². The van der Waals surface area contributed by atoms with Gasteiger partial charge in [-0.05, 0) is 141 Å². The molecule has 0 unspecified atom stereocenters. The number of thiophene rings is 1. The van der Waals surface area contributed by atoms with Crippen LogP contribution in [0.1, 0.15) is 44.5 Å². The molecule has 4 aromatic heterocycles. The summed E-state index contributed by atoms with van der Waals surface area (Å²) in [7, 11) is 0. The molecule has 0 fully saturated rings. The van der Waals surface area contributed by atoms with Crippen LogP contribution in [0.3, 0.4) is 0 Å². The lowest BCUT2D eigenvalue weighted by molar-refractivity contribution is 0.436. The van der Waals surface area contributed by atoms with Crippen LogP contribution < -0.4 is 9.47 Å². The van der Waals surface area contributed by atoms with E-state index in [1.54, 1.807) is 11.3 Å². The molecule has 0 saturated heterocycles. The number of hydrogen-bond donors (Lipinski definition) is 0. The zero-order valence-electron chi connectivity index (χ0n) is 50.9. The maximum absolute atomic E-state index is 7.22. The number of pyridine rings is 1. The molecule has 0 N–H and O–H groups in total. The first-order chi connectivity index (χ1) is 47.0. The fraction of sp³-hybridized carbons (Fsp3) is 0.0230. The van der Waals surface area contributed by atoms with Crippen molar-refractivity contribution in [1.29, 1.82) is 0 Å². The van der Waals surface area contributed by atoms with Crippen molar-refractivity contribution >= 4 is 31.5 Å². The minimum atomic E-state index is -0.717. The summed E-state index contributed by atoms with van der Waals surface area (Å²) in [6.07, 6.45) is 1.81. The first kappa shape index (κ1) is 53.4. The molecule has 2 spiro atoms. The van der Waals surface area contributed by atoms with Crippen molar-refractivity contribution in [3.05, 3.63) is 354 Å². The Labute approximate surface area is 551 Å². The summed E-state index contributed by atoms with van der Waals surface area (Å²) in [4.78, 5) is 26.1. The van der Waals surface area contributed by atoms with E-state index in [-0.39, 0.29) is 0 Å². The number of fused-ring (bicyclic) bond motifs is 21. The second kappa shape index (κ2) is 20.6. The number of para-hydroxylation sites is 1. The highest BCUT2D eigenvalue weighted by atomic mass is 32.1. The molecule has 442 valence electrons. The Hall–Kier alpha value is -12.2. The van der Waals surface area contributed by atoms with Crippen molar-refractivity contribution in [3.8, 4) is 124 Å². The predicted octanol–water partition coefficient (Wildman–Crippen LogP) is 21.6. The van der Waals surface area contributed by atoms with Crippen molar-refractivity contribution in [2.24, 2.45) is 0 Å². The molecule has 0 bridgehead atoms. The first-order valence-electron chi connectivity index (χ1n) is 32.1. The van der Waals surface area contributed by atoms with Gasteiger partial charge in [-0.25, -0.2) is 19.9 Å². The standard InChI is InChI=1S/C87H51N5O2S/c1-3-19-52(20-4-1)74-50-76(91-84(89-74)57-37-42-79-71(45-57)86(69-31-15-16-33-78(69)93-79)65-27-11-7-23-59(65)60-24-8-12-28-66(60)86)56-35-40-64-63-39-34-55(48-82(63)95-83(64)49-56)54-36-41-70-81(47-54)94-80-43-38-58(46-72(80)87(70)67-29-13-9-25-61(67)62-26-10-14-30-68(62)87)85-90-75(53-21-5-2-6-22-53)51-77(92-85)73-32-17-18-44-88-73/h1-51H. The maximum Gasteiger partial charge on any atom is 0.160 e. The minimum Gasteiger partial charge on any atom is -0.457 e. The molecule has 6 heterocycles. The number of rotatable bonds is 7. The van der Waals surface area contributed by atoms with Crippen LogP contribution in [0.25, 0.3) is 121 Å². The summed E-state index contributed by atoms with van der Waals surface area (Å²) in [5.41, 5.74) is 23.8.